The SMILES string of the molecule is COc1ccc(-n2nnc(C#N)c2-c2cccs2)c(OC)c1. The van der Waals surface area contributed by atoms with E-state index in [1.807, 2.05) is 29.6 Å². The second-order valence-corrected chi connectivity index (χ2v) is 5.27. The third kappa shape index (κ3) is 2.29. The van der Waals surface area contributed by atoms with Gasteiger partial charge < -0.3 is 9.47 Å². The highest BCUT2D eigenvalue weighted by Gasteiger charge is 2.19. The number of thiophene rings is 1. The van der Waals surface area contributed by atoms with E-state index in [2.05, 4.69) is 16.4 Å². The van der Waals surface area contributed by atoms with Gasteiger partial charge in [0.25, 0.3) is 0 Å². The fourth-order valence-corrected chi connectivity index (χ4v) is 2.88. The molecular formula is C15H12N4O2S. The molecule has 0 unspecified atom stereocenters. The monoisotopic (exact) mass is 312 g/mol. The molecule has 0 radical (unpaired) electrons. The third-order valence-corrected chi connectivity index (χ3v) is 4.02. The fourth-order valence-electron chi connectivity index (χ4n) is 2.12. The molecule has 0 fully saturated rings. The molecule has 6 nitrogen and oxygen atoms in total. The normalized spacial score (nSPS) is 10.2. The zero-order valence-corrected chi connectivity index (χ0v) is 12.8. The summed E-state index contributed by atoms with van der Waals surface area (Å²) in [7, 11) is 3.17. The number of nitrogens with zero attached hydrogens (tertiary/aromatic N) is 4. The molecule has 22 heavy (non-hydrogen) atoms. The first-order valence-corrected chi connectivity index (χ1v) is 7.28. The van der Waals surface area contributed by atoms with Crippen LogP contribution in [0.4, 0.5) is 0 Å². The minimum absolute atomic E-state index is 0.278. The van der Waals surface area contributed by atoms with Crippen LogP contribution in [0.2, 0.25) is 0 Å². The van der Waals surface area contributed by atoms with Gasteiger partial charge in [0.1, 0.15) is 28.9 Å². The molecule has 0 aliphatic rings. The molecule has 2 heterocycles. The van der Waals surface area contributed by atoms with Crippen molar-refractivity contribution in [2.45, 2.75) is 0 Å². The predicted octanol–water partition coefficient (Wildman–Crippen LogP) is 2.88. The Morgan fingerprint density at radius 3 is 2.73 bits per heavy atom. The van der Waals surface area contributed by atoms with Crippen molar-refractivity contribution in [3.8, 4) is 33.8 Å². The number of methoxy groups -OCH3 is 2. The minimum Gasteiger partial charge on any atom is -0.497 e. The topological polar surface area (TPSA) is 73.0 Å². The van der Waals surface area contributed by atoms with E-state index in [1.54, 1.807) is 25.0 Å². The summed E-state index contributed by atoms with van der Waals surface area (Å²) >= 11 is 1.52. The molecule has 1 aromatic carbocycles. The van der Waals surface area contributed by atoms with Crippen molar-refractivity contribution in [1.82, 2.24) is 15.0 Å². The maximum absolute atomic E-state index is 9.27. The second-order valence-electron chi connectivity index (χ2n) is 4.33. The first-order valence-electron chi connectivity index (χ1n) is 6.40. The van der Waals surface area contributed by atoms with E-state index >= 15 is 0 Å². The van der Waals surface area contributed by atoms with Gasteiger partial charge in [-0.1, -0.05) is 11.3 Å². The third-order valence-electron chi connectivity index (χ3n) is 3.15. The van der Waals surface area contributed by atoms with Gasteiger partial charge in [-0.15, -0.1) is 16.4 Å². The van der Waals surface area contributed by atoms with Crippen molar-refractivity contribution in [1.29, 1.82) is 5.26 Å². The first kappa shape index (κ1) is 14.1. The molecule has 3 rings (SSSR count). The number of rotatable bonds is 4. The summed E-state index contributed by atoms with van der Waals surface area (Å²) in [5.74, 6) is 1.27. The Kier molecular flexibility index (Phi) is 3.76. The fraction of sp³-hybridized carbons (Fsp3) is 0.133. The van der Waals surface area contributed by atoms with Gasteiger partial charge in [-0.05, 0) is 23.6 Å². The van der Waals surface area contributed by atoms with Gasteiger partial charge >= 0.3 is 0 Å². The molecule has 0 saturated carbocycles. The van der Waals surface area contributed by atoms with Crippen molar-refractivity contribution >= 4 is 11.3 Å². The molecule has 0 aliphatic heterocycles. The highest BCUT2D eigenvalue weighted by molar-refractivity contribution is 7.13. The standard InChI is InChI=1S/C15H12N4O2S/c1-20-10-5-6-12(13(8-10)21-2)19-15(11(9-16)17-18-19)14-4-3-7-22-14/h3-8H,1-2H3. The van der Waals surface area contributed by atoms with Crippen molar-refractivity contribution in [3.05, 3.63) is 41.4 Å². The zero-order chi connectivity index (χ0) is 15.5. The number of nitriles is 1. The molecule has 0 N–H and O–H groups in total. The summed E-state index contributed by atoms with van der Waals surface area (Å²) in [6.07, 6.45) is 0. The molecule has 2 aromatic heterocycles. The van der Waals surface area contributed by atoms with Gasteiger partial charge in [0, 0.05) is 6.07 Å². The van der Waals surface area contributed by atoms with E-state index in [9.17, 15) is 5.26 Å². The molecule has 0 saturated heterocycles. The Balaban J connectivity index is 2.22. The molecule has 3 aromatic rings. The molecule has 0 bridgehead atoms. The zero-order valence-electron chi connectivity index (χ0n) is 12.0. The Bertz CT molecular complexity index is 834. The van der Waals surface area contributed by atoms with Gasteiger partial charge in [-0.2, -0.15) is 5.26 Å². The van der Waals surface area contributed by atoms with Crippen LogP contribution in [-0.4, -0.2) is 29.2 Å². The maximum Gasteiger partial charge on any atom is 0.191 e. The number of hydrogen-bond acceptors (Lipinski definition) is 6. The van der Waals surface area contributed by atoms with Crippen LogP contribution in [0.25, 0.3) is 16.3 Å². The average molecular weight is 312 g/mol. The lowest BCUT2D eigenvalue weighted by atomic mass is 10.2. The molecule has 0 atom stereocenters. The van der Waals surface area contributed by atoms with Gasteiger partial charge in [-0.3, -0.25) is 0 Å². The van der Waals surface area contributed by atoms with Crippen molar-refractivity contribution in [2.24, 2.45) is 0 Å². The van der Waals surface area contributed by atoms with Crippen LogP contribution >= 0.6 is 11.3 Å². The Morgan fingerprint density at radius 2 is 2.09 bits per heavy atom. The Morgan fingerprint density at radius 1 is 1.23 bits per heavy atom. The quantitative estimate of drug-likeness (QED) is 0.740. The first-order chi connectivity index (χ1) is 10.8. The Hall–Kier alpha value is -2.85. The molecular weight excluding hydrogens is 300 g/mol. The average Bonchev–Trinajstić information content (AvgIpc) is 3.22. The second kappa shape index (κ2) is 5.87. The summed E-state index contributed by atoms with van der Waals surface area (Å²) < 4.78 is 12.2. The Labute approximate surface area is 131 Å². The minimum atomic E-state index is 0.278. The van der Waals surface area contributed by atoms with E-state index in [4.69, 9.17) is 9.47 Å². The van der Waals surface area contributed by atoms with Crippen LogP contribution in [-0.2, 0) is 0 Å². The molecule has 7 heteroatoms. The van der Waals surface area contributed by atoms with E-state index in [0.29, 0.717) is 22.9 Å². The van der Waals surface area contributed by atoms with Crippen LogP contribution in [0.1, 0.15) is 5.69 Å². The highest BCUT2D eigenvalue weighted by atomic mass is 32.1. The molecule has 0 amide bonds. The number of ether oxygens (including phenoxy) is 2. The van der Waals surface area contributed by atoms with Crippen molar-refractivity contribution in [2.75, 3.05) is 14.2 Å². The summed E-state index contributed by atoms with van der Waals surface area (Å²) in [6, 6.07) is 11.3. The molecule has 0 spiro atoms. The van der Waals surface area contributed by atoms with Gasteiger partial charge in [0.15, 0.2) is 5.69 Å². The summed E-state index contributed by atoms with van der Waals surface area (Å²) in [5, 5.41) is 19.3. The highest BCUT2D eigenvalue weighted by Crippen LogP contribution is 2.33. The summed E-state index contributed by atoms with van der Waals surface area (Å²) in [4.78, 5) is 0.916. The van der Waals surface area contributed by atoms with Crippen LogP contribution in [0.5, 0.6) is 11.5 Å². The van der Waals surface area contributed by atoms with Crippen LogP contribution in [0.15, 0.2) is 35.7 Å². The largest absolute Gasteiger partial charge is 0.497 e. The lowest BCUT2D eigenvalue weighted by Crippen LogP contribution is -2.02. The smallest absolute Gasteiger partial charge is 0.191 e. The van der Waals surface area contributed by atoms with Crippen LogP contribution in [0.3, 0.4) is 0 Å². The number of hydrogen-bond donors (Lipinski definition) is 0. The van der Waals surface area contributed by atoms with E-state index in [0.717, 1.165) is 4.88 Å². The summed E-state index contributed by atoms with van der Waals surface area (Å²) in [5.41, 5.74) is 1.63. The number of benzene rings is 1. The van der Waals surface area contributed by atoms with E-state index < -0.39 is 0 Å². The van der Waals surface area contributed by atoms with Gasteiger partial charge in [0.05, 0.1) is 19.1 Å². The lowest BCUT2D eigenvalue weighted by molar-refractivity contribution is 0.392. The molecule has 110 valence electrons. The van der Waals surface area contributed by atoms with Crippen molar-refractivity contribution < 1.29 is 9.47 Å². The molecule has 0 aliphatic carbocycles. The van der Waals surface area contributed by atoms with Gasteiger partial charge in [-0.25, -0.2) is 4.68 Å². The van der Waals surface area contributed by atoms with E-state index in [1.165, 1.54) is 11.3 Å². The van der Waals surface area contributed by atoms with Crippen LogP contribution < -0.4 is 9.47 Å². The van der Waals surface area contributed by atoms with Crippen molar-refractivity contribution in [3.63, 3.8) is 0 Å². The summed E-state index contributed by atoms with van der Waals surface area (Å²) in [6.45, 7) is 0. The van der Waals surface area contributed by atoms with Crippen LogP contribution in [0, 0.1) is 11.3 Å². The van der Waals surface area contributed by atoms with Gasteiger partial charge in [0.2, 0.25) is 0 Å². The lowest BCUT2D eigenvalue weighted by Gasteiger charge is -2.11. The predicted molar refractivity (Wildman–Crippen MR) is 82.5 cm³/mol. The maximum atomic E-state index is 9.27. The van der Waals surface area contributed by atoms with E-state index in [-0.39, 0.29) is 5.69 Å². The number of aromatic nitrogens is 3.